The van der Waals surface area contributed by atoms with Crippen LogP contribution in [0.15, 0.2) is 0 Å². The highest BCUT2D eigenvalue weighted by molar-refractivity contribution is 5.90. The molecule has 1 aromatic rings. The Balaban J connectivity index is 2.05. The summed E-state index contributed by atoms with van der Waals surface area (Å²) in [6, 6.07) is 0. The maximum absolute atomic E-state index is 12.1. The number of aryl methyl sites for hydroxylation is 1. The summed E-state index contributed by atoms with van der Waals surface area (Å²) in [4.78, 5) is 17.9. The fourth-order valence-electron chi connectivity index (χ4n) is 2.01. The molecule has 0 saturated carbocycles. The number of nitrogens with one attached hydrogen (secondary N) is 1. The minimum atomic E-state index is -0.308. The van der Waals surface area contributed by atoms with Crippen molar-refractivity contribution in [3.05, 3.63) is 11.6 Å². The Morgan fingerprint density at radius 3 is 3.00 bits per heavy atom. The summed E-state index contributed by atoms with van der Waals surface area (Å²) in [5.74, 6) is 0.904. The van der Waals surface area contributed by atoms with Gasteiger partial charge in [-0.15, -0.1) is 5.10 Å². The lowest BCUT2D eigenvalue weighted by molar-refractivity contribution is 0.0290. The van der Waals surface area contributed by atoms with Gasteiger partial charge in [0.1, 0.15) is 5.82 Å². The molecule has 2 N–H and O–H groups in total. The maximum atomic E-state index is 12.1. The first-order valence-electron chi connectivity index (χ1n) is 6.00. The summed E-state index contributed by atoms with van der Waals surface area (Å²) >= 11 is 0. The second kappa shape index (κ2) is 4.83. The summed E-state index contributed by atoms with van der Waals surface area (Å²) in [7, 11) is 0. The predicted octanol–water partition coefficient (Wildman–Crippen LogP) is 0.210. The van der Waals surface area contributed by atoms with Gasteiger partial charge in [0.05, 0.1) is 6.10 Å². The second-order valence-electron chi connectivity index (χ2n) is 4.54. The number of carbonyl (C=O) groups excluding carboxylic acids is 1. The van der Waals surface area contributed by atoms with Crippen molar-refractivity contribution in [3.8, 4) is 0 Å². The average molecular weight is 238 g/mol. The van der Waals surface area contributed by atoms with Crippen molar-refractivity contribution in [2.24, 2.45) is 5.92 Å². The monoisotopic (exact) mass is 238 g/mol. The number of amides is 1. The third-order valence-corrected chi connectivity index (χ3v) is 3.21. The number of aromatic amines is 1. The normalized spacial score (nSPS) is 25.0. The molecule has 6 nitrogen and oxygen atoms in total. The highest BCUT2D eigenvalue weighted by Gasteiger charge is 2.29. The third kappa shape index (κ3) is 2.46. The van der Waals surface area contributed by atoms with Gasteiger partial charge in [0.15, 0.2) is 0 Å². The standard InChI is InChI=1S/C11H18N4O2/c1-3-9-12-10(14-13-9)11(17)15-5-4-8(16)7(2)6-15/h7-8,16H,3-6H2,1-2H3,(H,12,13,14). The van der Waals surface area contributed by atoms with E-state index in [9.17, 15) is 9.90 Å². The number of rotatable bonds is 2. The maximum Gasteiger partial charge on any atom is 0.293 e. The smallest absolute Gasteiger partial charge is 0.293 e. The van der Waals surface area contributed by atoms with Crippen molar-refractivity contribution in [1.29, 1.82) is 0 Å². The molecular weight excluding hydrogens is 220 g/mol. The number of hydrogen-bond donors (Lipinski definition) is 2. The molecule has 1 saturated heterocycles. The SMILES string of the molecule is CCc1nc(C(=O)N2CCC(O)C(C)C2)n[nH]1. The molecule has 2 heterocycles. The second-order valence-corrected chi connectivity index (χ2v) is 4.54. The quantitative estimate of drug-likeness (QED) is 0.771. The largest absolute Gasteiger partial charge is 0.393 e. The highest BCUT2D eigenvalue weighted by atomic mass is 16.3. The molecule has 1 fully saturated rings. The number of aromatic nitrogens is 3. The van der Waals surface area contributed by atoms with Crippen LogP contribution in [0.2, 0.25) is 0 Å². The summed E-state index contributed by atoms with van der Waals surface area (Å²) in [5, 5.41) is 16.3. The fourth-order valence-corrected chi connectivity index (χ4v) is 2.01. The molecule has 0 aliphatic carbocycles. The molecule has 6 heteroatoms. The van der Waals surface area contributed by atoms with Crippen molar-refractivity contribution in [2.45, 2.75) is 32.8 Å². The van der Waals surface area contributed by atoms with Crippen LogP contribution in [0.5, 0.6) is 0 Å². The third-order valence-electron chi connectivity index (χ3n) is 3.21. The molecule has 0 aromatic carbocycles. The van der Waals surface area contributed by atoms with Crippen molar-refractivity contribution in [2.75, 3.05) is 13.1 Å². The molecule has 1 amide bonds. The summed E-state index contributed by atoms with van der Waals surface area (Å²) < 4.78 is 0. The van der Waals surface area contributed by atoms with Crippen molar-refractivity contribution in [3.63, 3.8) is 0 Å². The van der Waals surface area contributed by atoms with Crippen molar-refractivity contribution >= 4 is 5.91 Å². The van der Waals surface area contributed by atoms with E-state index < -0.39 is 0 Å². The molecule has 2 unspecified atom stereocenters. The molecule has 2 rings (SSSR count). The molecule has 1 aliphatic heterocycles. The zero-order valence-electron chi connectivity index (χ0n) is 10.2. The molecule has 94 valence electrons. The van der Waals surface area contributed by atoms with Gasteiger partial charge in [-0.25, -0.2) is 4.98 Å². The Morgan fingerprint density at radius 1 is 1.65 bits per heavy atom. The van der Waals surface area contributed by atoms with Gasteiger partial charge in [-0.1, -0.05) is 13.8 Å². The van der Waals surface area contributed by atoms with Gasteiger partial charge in [0.25, 0.3) is 5.91 Å². The lowest BCUT2D eigenvalue weighted by Gasteiger charge is -2.33. The van der Waals surface area contributed by atoms with E-state index in [-0.39, 0.29) is 23.8 Å². The van der Waals surface area contributed by atoms with E-state index in [1.807, 2.05) is 13.8 Å². The lowest BCUT2D eigenvalue weighted by Crippen LogP contribution is -2.45. The first-order chi connectivity index (χ1) is 8.11. The molecule has 0 bridgehead atoms. The van der Waals surface area contributed by atoms with Crippen LogP contribution in [0.25, 0.3) is 0 Å². The molecule has 0 spiro atoms. The first-order valence-corrected chi connectivity index (χ1v) is 6.00. The molecule has 0 radical (unpaired) electrons. The van der Waals surface area contributed by atoms with Crippen molar-refractivity contribution in [1.82, 2.24) is 20.1 Å². The molecular formula is C11H18N4O2. The summed E-state index contributed by atoms with van der Waals surface area (Å²) in [6.45, 7) is 5.03. The summed E-state index contributed by atoms with van der Waals surface area (Å²) in [6.07, 6.45) is 1.05. The zero-order chi connectivity index (χ0) is 12.4. The Hall–Kier alpha value is -1.43. The minimum Gasteiger partial charge on any atom is -0.393 e. The van der Waals surface area contributed by atoms with E-state index in [2.05, 4.69) is 15.2 Å². The van der Waals surface area contributed by atoms with Crippen LogP contribution in [0.1, 0.15) is 36.7 Å². The topological polar surface area (TPSA) is 82.1 Å². The van der Waals surface area contributed by atoms with Gasteiger partial charge in [-0.2, -0.15) is 0 Å². The number of aliphatic hydroxyl groups is 1. The minimum absolute atomic E-state index is 0.109. The van der Waals surface area contributed by atoms with Crippen LogP contribution in [-0.2, 0) is 6.42 Å². The Labute approximate surface area is 100 Å². The van der Waals surface area contributed by atoms with Gasteiger partial charge in [-0.3, -0.25) is 9.89 Å². The molecule has 1 aromatic heterocycles. The summed E-state index contributed by atoms with van der Waals surface area (Å²) in [5.41, 5.74) is 0. The van der Waals surface area contributed by atoms with Gasteiger partial charge in [0.2, 0.25) is 5.82 Å². The van der Waals surface area contributed by atoms with Crippen LogP contribution < -0.4 is 0 Å². The number of piperidine rings is 1. The average Bonchev–Trinajstić information content (AvgIpc) is 2.80. The number of likely N-dealkylation sites (tertiary alicyclic amines) is 1. The molecule has 2 atom stereocenters. The Bertz CT molecular complexity index is 404. The van der Waals surface area contributed by atoms with E-state index >= 15 is 0 Å². The number of H-pyrrole nitrogens is 1. The Kier molecular flexibility index (Phi) is 3.42. The number of hydrogen-bond acceptors (Lipinski definition) is 4. The number of carbonyl (C=O) groups is 1. The van der Waals surface area contributed by atoms with E-state index in [1.165, 1.54) is 0 Å². The van der Waals surface area contributed by atoms with Gasteiger partial charge in [-0.05, 0) is 12.3 Å². The Morgan fingerprint density at radius 2 is 2.41 bits per heavy atom. The van der Waals surface area contributed by atoms with E-state index in [0.717, 1.165) is 12.2 Å². The van der Waals surface area contributed by atoms with E-state index in [4.69, 9.17) is 0 Å². The first kappa shape index (κ1) is 12.0. The number of aliphatic hydroxyl groups excluding tert-OH is 1. The predicted molar refractivity (Wildman–Crippen MR) is 61.5 cm³/mol. The van der Waals surface area contributed by atoms with E-state index in [1.54, 1.807) is 4.90 Å². The van der Waals surface area contributed by atoms with Gasteiger partial charge in [0, 0.05) is 19.5 Å². The van der Waals surface area contributed by atoms with Crippen LogP contribution in [-0.4, -0.2) is 50.3 Å². The zero-order valence-corrected chi connectivity index (χ0v) is 10.2. The lowest BCUT2D eigenvalue weighted by atomic mass is 9.97. The van der Waals surface area contributed by atoms with Crippen LogP contribution in [0.3, 0.4) is 0 Å². The van der Waals surface area contributed by atoms with Crippen LogP contribution in [0, 0.1) is 5.92 Å². The van der Waals surface area contributed by atoms with Crippen LogP contribution >= 0.6 is 0 Å². The van der Waals surface area contributed by atoms with Gasteiger partial charge >= 0.3 is 0 Å². The van der Waals surface area contributed by atoms with Crippen molar-refractivity contribution < 1.29 is 9.90 Å². The fraction of sp³-hybridized carbons (Fsp3) is 0.727. The number of nitrogens with zero attached hydrogens (tertiary/aromatic N) is 3. The van der Waals surface area contributed by atoms with E-state index in [0.29, 0.717) is 19.5 Å². The van der Waals surface area contributed by atoms with Crippen LogP contribution in [0.4, 0.5) is 0 Å². The molecule has 1 aliphatic rings. The van der Waals surface area contributed by atoms with Gasteiger partial charge < -0.3 is 10.0 Å². The highest BCUT2D eigenvalue weighted by Crippen LogP contribution is 2.17. The molecule has 17 heavy (non-hydrogen) atoms.